The van der Waals surface area contributed by atoms with Gasteiger partial charge < -0.3 is 5.73 Å². The average molecular weight is 203 g/mol. The van der Waals surface area contributed by atoms with Gasteiger partial charge >= 0.3 is 0 Å². The van der Waals surface area contributed by atoms with Gasteiger partial charge in [0.1, 0.15) is 0 Å². The van der Waals surface area contributed by atoms with E-state index < -0.39 is 5.54 Å². The van der Waals surface area contributed by atoms with Crippen LogP contribution in [0.2, 0.25) is 0 Å². The molecule has 1 aliphatic rings. The standard InChI is InChI=1S/C13H17NO/c1-10-5-4-6-11(9-10)12(15)13(14)7-2-3-8-13/h4-6,9H,2-3,7-8,14H2,1H3. The zero-order valence-electron chi connectivity index (χ0n) is 9.12. The van der Waals surface area contributed by atoms with Gasteiger partial charge in [0.15, 0.2) is 5.78 Å². The molecule has 0 saturated heterocycles. The van der Waals surface area contributed by atoms with Crippen LogP contribution in [-0.4, -0.2) is 11.3 Å². The minimum atomic E-state index is -0.589. The summed E-state index contributed by atoms with van der Waals surface area (Å²) < 4.78 is 0. The van der Waals surface area contributed by atoms with Crippen molar-refractivity contribution in [3.05, 3.63) is 35.4 Å². The van der Waals surface area contributed by atoms with E-state index in [9.17, 15) is 4.79 Å². The van der Waals surface area contributed by atoms with Gasteiger partial charge in [-0.1, -0.05) is 36.6 Å². The predicted molar refractivity (Wildman–Crippen MR) is 60.9 cm³/mol. The van der Waals surface area contributed by atoms with Crippen LogP contribution in [0, 0.1) is 6.92 Å². The largest absolute Gasteiger partial charge is 0.319 e. The molecule has 1 aliphatic carbocycles. The van der Waals surface area contributed by atoms with Crippen LogP contribution in [0.3, 0.4) is 0 Å². The van der Waals surface area contributed by atoms with Crippen LogP contribution < -0.4 is 5.73 Å². The minimum Gasteiger partial charge on any atom is -0.319 e. The second-order valence-corrected chi connectivity index (χ2v) is 4.56. The Morgan fingerprint density at radius 1 is 1.33 bits per heavy atom. The van der Waals surface area contributed by atoms with Gasteiger partial charge in [-0.05, 0) is 25.8 Å². The van der Waals surface area contributed by atoms with Crippen molar-refractivity contribution in [1.82, 2.24) is 0 Å². The number of aryl methyl sites for hydroxylation is 1. The maximum Gasteiger partial charge on any atom is 0.182 e. The number of ketones is 1. The Bertz CT molecular complexity index is 378. The molecule has 2 heteroatoms. The number of hydrogen-bond acceptors (Lipinski definition) is 2. The molecule has 1 saturated carbocycles. The van der Waals surface area contributed by atoms with E-state index in [1.54, 1.807) is 0 Å². The smallest absolute Gasteiger partial charge is 0.182 e. The van der Waals surface area contributed by atoms with Gasteiger partial charge in [-0.2, -0.15) is 0 Å². The lowest BCUT2D eigenvalue weighted by atomic mass is 9.88. The van der Waals surface area contributed by atoms with E-state index in [2.05, 4.69) is 0 Å². The monoisotopic (exact) mass is 203 g/mol. The Morgan fingerprint density at radius 3 is 2.60 bits per heavy atom. The first-order valence-corrected chi connectivity index (χ1v) is 5.52. The van der Waals surface area contributed by atoms with E-state index in [1.165, 1.54) is 0 Å². The second-order valence-electron chi connectivity index (χ2n) is 4.56. The fourth-order valence-electron chi connectivity index (χ4n) is 2.31. The maximum atomic E-state index is 12.2. The number of hydrogen-bond donors (Lipinski definition) is 1. The lowest BCUT2D eigenvalue weighted by molar-refractivity contribution is 0.0892. The third-order valence-electron chi connectivity index (χ3n) is 3.23. The first-order valence-electron chi connectivity index (χ1n) is 5.52. The number of carbonyl (C=O) groups is 1. The maximum absolute atomic E-state index is 12.2. The molecule has 0 aliphatic heterocycles. The van der Waals surface area contributed by atoms with Crippen molar-refractivity contribution in [3.63, 3.8) is 0 Å². The molecule has 0 unspecified atom stereocenters. The zero-order valence-corrected chi connectivity index (χ0v) is 9.12. The molecule has 0 radical (unpaired) electrons. The van der Waals surface area contributed by atoms with E-state index in [0.717, 1.165) is 36.8 Å². The van der Waals surface area contributed by atoms with Gasteiger partial charge in [-0.3, -0.25) is 4.79 Å². The molecule has 0 atom stereocenters. The number of carbonyl (C=O) groups excluding carboxylic acids is 1. The summed E-state index contributed by atoms with van der Waals surface area (Å²) in [6.07, 6.45) is 3.82. The molecule has 15 heavy (non-hydrogen) atoms. The fourth-order valence-corrected chi connectivity index (χ4v) is 2.31. The van der Waals surface area contributed by atoms with Crippen molar-refractivity contribution >= 4 is 5.78 Å². The highest BCUT2D eigenvalue weighted by Gasteiger charge is 2.37. The minimum absolute atomic E-state index is 0.115. The molecule has 2 rings (SSSR count). The van der Waals surface area contributed by atoms with Crippen molar-refractivity contribution < 1.29 is 4.79 Å². The molecule has 0 amide bonds. The molecule has 0 spiro atoms. The van der Waals surface area contributed by atoms with Crippen molar-refractivity contribution in [2.45, 2.75) is 38.1 Å². The Kier molecular flexibility index (Phi) is 2.61. The second kappa shape index (κ2) is 3.78. The van der Waals surface area contributed by atoms with Gasteiger partial charge in [-0.15, -0.1) is 0 Å². The van der Waals surface area contributed by atoms with Crippen molar-refractivity contribution in [2.75, 3.05) is 0 Å². The predicted octanol–water partition coefficient (Wildman–Crippen LogP) is 2.45. The molecule has 80 valence electrons. The van der Waals surface area contributed by atoms with Gasteiger partial charge in [0.2, 0.25) is 0 Å². The van der Waals surface area contributed by atoms with Gasteiger partial charge in [0.25, 0.3) is 0 Å². The summed E-state index contributed by atoms with van der Waals surface area (Å²) in [5.41, 5.74) is 7.42. The highest BCUT2D eigenvalue weighted by atomic mass is 16.1. The lowest BCUT2D eigenvalue weighted by Gasteiger charge is -2.21. The molecular weight excluding hydrogens is 186 g/mol. The Morgan fingerprint density at radius 2 is 2.00 bits per heavy atom. The summed E-state index contributed by atoms with van der Waals surface area (Å²) in [6, 6.07) is 7.70. The van der Waals surface area contributed by atoms with Crippen LogP contribution in [0.25, 0.3) is 0 Å². The topological polar surface area (TPSA) is 43.1 Å². The highest BCUT2D eigenvalue weighted by Crippen LogP contribution is 2.30. The van der Waals surface area contributed by atoms with Crippen molar-refractivity contribution in [2.24, 2.45) is 5.73 Å². The summed E-state index contributed by atoms with van der Waals surface area (Å²) in [5.74, 6) is 0.115. The van der Waals surface area contributed by atoms with Crippen LogP contribution >= 0.6 is 0 Å². The average Bonchev–Trinajstić information content (AvgIpc) is 2.65. The molecule has 1 aromatic carbocycles. The van der Waals surface area contributed by atoms with Gasteiger partial charge in [0.05, 0.1) is 5.54 Å². The summed E-state index contributed by atoms with van der Waals surface area (Å²) >= 11 is 0. The molecule has 0 bridgehead atoms. The quantitative estimate of drug-likeness (QED) is 0.750. The molecule has 0 aromatic heterocycles. The third kappa shape index (κ3) is 1.95. The van der Waals surface area contributed by atoms with Crippen LogP contribution in [0.5, 0.6) is 0 Å². The first-order chi connectivity index (χ1) is 7.12. The SMILES string of the molecule is Cc1cccc(C(=O)C2(N)CCCC2)c1. The van der Waals surface area contributed by atoms with E-state index >= 15 is 0 Å². The molecule has 1 fully saturated rings. The molecular formula is C13H17NO. The highest BCUT2D eigenvalue weighted by molar-refractivity contribution is 6.03. The summed E-state index contributed by atoms with van der Waals surface area (Å²) in [6.45, 7) is 1.99. The van der Waals surface area contributed by atoms with E-state index in [0.29, 0.717) is 0 Å². The fraction of sp³-hybridized carbons (Fsp3) is 0.462. The van der Waals surface area contributed by atoms with Crippen LogP contribution in [-0.2, 0) is 0 Å². The van der Waals surface area contributed by atoms with E-state index in [1.807, 2.05) is 31.2 Å². The number of Topliss-reactive ketones (excluding diaryl/α,β-unsaturated/α-hetero) is 1. The molecule has 2 nitrogen and oxygen atoms in total. The lowest BCUT2D eigenvalue weighted by Crippen LogP contribution is -2.45. The van der Waals surface area contributed by atoms with Crippen LogP contribution in [0.15, 0.2) is 24.3 Å². The van der Waals surface area contributed by atoms with Gasteiger partial charge in [0, 0.05) is 5.56 Å². The van der Waals surface area contributed by atoms with Crippen LogP contribution in [0.4, 0.5) is 0 Å². The molecule has 1 aromatic rings. The zero-order chi connectivity index (χ0) is 10.9. The number of nitrogens with two attached hydrogens (primary N) is 1. The number of benzene rings is 1. The Balaban J connectivity index is 2.27. The summed E-state index contributed by atoms with van der Waals surface area (Å²) in [5, 5.41) is 0. The van der Waals surface area contributed by atoms with Crippen molar-refractivity contribution in [3.8, 4) is 0 Å². The van der Waals surface area contributed by atoms with Gasteiger partial charge in [-0.25, -0.2) is 0 Å². The van der Waals surface area contributed by atoms with E-state index in [-0.39, 0.29) is 5.78 Å². The third-order valence-corrected chi connectivity index (χ3v) is 3.23. The number of rotatable bonds is 2. The first kappa shape index (κ1) is 10.4. The normalized spacial score (nSPS) is 19.1. The molecule has 0 heterocycles. The van der Waals surface area contributed by atoms with Crippen LogP contribution in [0.1, 0.15) is 41.6 Å². The van der Waals surface area contributed by atoms with E-state index in [4.69, 9.17) is 5.73 Å². The van der Waals surface area contributed by atoms with Crippen molar-refractivity contribution in [1.29, 1.82) is 0 Å². The Hall–Kier alpha value is -1.15. The Labute approximate surface area is 90.5 Å². The summed E-state index contributed by atoms with van der Waals surface area (Å²) in [7, 11) is 0. The molecule has 2 N–H and O–H groups in total. The summed E-state index contributed by atoms with van der Waals surface area (Å²) in [4.78, 5) is 12.2.